The van der Waals surface area contributed by atoms with Gasteiger partial charge in [-0.2, -0.15) is 5.10 Å². The molecule has 0 aliphatic carbocycles. The van der Waals surface area contributed by atoms with Gasteiger partial charge in [0.15, 0.2) is 0 Å². The first-order valence-electron chi connectivity index (χ1n) is 6.30. The lowest BCUT2D eigenvalue weighted by atomic mass is 10.2. The zero-order valence-corrected chi connectivity index (χ0v) is 12.3. The lowest BCUT2D eigenvalue weighted by Gasteiger charge is -2.09. The standard InChI is InChI=1S/C14H14ClFN2O3/c1-3-18-12(13(15)8(2)17-18)7-21-11-5-9(14(19)20)4-10(16)6-11/h4-6H,3,7H2,1-2H3,(H,19,20). The van der Waals surface area contributed by atoms with Crippen LogP contribution >= 0.6 is 11.6 Å². The molecule has 2 rings (SSSR count). The van der Waals surface area contributed by atoms with Gasteiger partial charge < -0.3 is 9.84 Å². The molecule has 21 heavy (non-hydrogen) atoms. The van der Waals surface area contributed by atoms with Crippen molar-refractivity contribution in [1.29, 1.82) is 0 Å². The number of hydrogen-bond acceptors (Lipinski definition) is 3. The number of rotatable bonds is 5. The number of carboxylic acids is 1. The Labute approximate surface area is 125 Å². The average molecular weight is 313 g/mol. The first-order valence-corrected chi connectivity index (χ1v) is 6.68. The number of aromatic carboxylic acids is 1. The third kappa shape index (κ3) is 3.33. The molecule has 0 radical (unpaired) electrons. The van der Waals surface area contributed by atoms with E-state index in [9.17, 15) is 9.18 Å². The molecule has 1 aromatic carbocycles. The second kappa shape index (κ2) is 6.13. The van der Waals surface area contributed by atoms with E-state index in [-0.39, 0.29) is 17.9 Å². The highest BCUT2D eigenvalue weighted by Gasteiger charge is 2.14. The van der Waals surface area contributed by atoms with E-state index in [1.807, 2.05) is 6.92 Å². The Kier molecular flexibility index (Phi) is 4.47. The van der Waals surface area contributed by atoms with Gasteiger partial charge in [0.1, 0.15) is 18.2 Å². The SMILES string of the molecule is CCn1nc(C)c(Cl)c1COc1cc(F)cc(C(=O)O)c1. The first kappa shape index (κ1) is 15.3. The summed E-state index contributed by atoms with van der Waals surface area (Å²) in [5.74, 6) is -1.76. The van der Waals surface area contributed by atoms with E-state index in [0.29, 0.717) is 23.0 Å². The summed E-state index contributed by atoms with van der Waals surface area (Å²) in [4.78, 5) is 10.9. The first-order chi connectivity index (χ1) is 9.92. The molecule has 0 bridgehead atoms. The second-order valence-corrected chi connectivity index (χ2v) is 4.81. The molecular formula is C14H14ClFN2O3. The minimum atomic E-state index is -1.22. The summed E-state index contributed by atoms with van der Waals surface area (Å²) >= 11 is 6.14. The van der Waals surface area contributed by atoms with Crippen molar-refractivity contribution in [2.45, 2.75) is 27.0 Å². The molecule has 1 heterocycles. The normalized spacial score (nSPS) is 10.7. The van der Waals surface area contributed by atoms with Crippen LogP contribution in [-0.4, -0.2) is 20.9 Å². The number of aryl methyl sites for hydroxylation is 2. The van der Waals surface area contributed by atoms with Crippen molar-refractivity contribution in [3.63, 3.8) is 0 Å². The Hall–Kier alpha value is -2.08. The van der Waals surface area contributed by atoms with Crippen LogP contribution < -0.4 is 4.74 Å². The smallest absolute Gasteiger partial charge is 0.335 e. The molecule has 2 aromatic rings. The van der Waals surface area contributed by atoms with E-state index in [4.69, 9.17) is 21.4 Å². The van der Waals surface area contributed by atoms with Crippen LogP contribution in [0.2, 0.25) is 5.02 Å². The Morgan fingerprint density at radius 3 is 2.81 bits per heavy atom. The molecule has 0 fully saturated rings. The largest absolute Gasteiger partial charge is 0.487 e. The summed E-state index contributed by atoms with van der Waals surface area (Å²) in [5, 5.41) is 13.6. The number of ether oxygens (including phenoxy) is 1. The van der Waals surface area contributed by atoms with Gasteiger partial charge in [0.2, 0.25) is 0 Å². The van der Waals surface area contributed by atoms with Gasteiger partial charge in [0, 0.05) is 12.6 Å². The van der Waals surface area contributed by atoms with Gasteiger partial charge in [0.25, 0.3) is 0 Å². The number of hydrogen-bond donors (Lipinski definition) is 1. The Morgan fingerprint density at radius 1 is 1.48 bits per heavy atom. The third-order valence-electron chi connectivity index (χ3n) is 2.95. The second-order valence-electron chi connectivity index (χ2n) is 4.43. The van der Waals surface area contributed by atoms with Crippen LogP contribution in [0.1, 0.15) is 28.7 Å². The maximum absolute atomic E-state index is 13.4. The zero-order valence-electron chi connectivity index (χ0n) is 11.6. The lowest BCUT2D eigenvalue weighted by Crippen LogP contribution is -2.07. The lowest BCUT2D eigenvalue weighted by molar-refractivity contribution is 0.0695. The quantitative estimate of drug-likeness (QED) is 0.920. The van der Waals surface area contributed by atoms with Crippen LogP contribution in [0.15, 0.2) is 18.2 Å². The predicted octanol–water partition coefficient (Wildman–Crippen LogP) is 3.28. The van der Waals surface area contributed by atoms with E-state index in [2.05, 4.69) is 5.10 Å². The van der Waals surface area contributed by atoms with Crippen molar-refractivity contribution in [2.24, 2.45) is 0 Å². The molecule has 7 heteroatoms. The fourth-order valence-corrected chi connectivity index (χ4v) is 2.12. The molecule has 5 nitrogen and oxygen atoms in total. The molecule has 0 unspecified atom stereocenters. The van der Waals surface area contributed by atoms with Crippen molar-refractivity contribution < 1.29 is 19.0 Å². The highest BCUT2D eigenvalue weighted by Crippen LogP contribution is 2.23. The minimum Gasteiger partial charge on any atom is -0.487 e. The van der Waals surface area contributed by atoms with E-state index in [1.54, 1.807) is 11.6 Å². The van der Waals surface area contributed by atoms with Gasteiger partial charge in [-0.05, 0) is 26.0 Å². The van der Waals surface area contributed by atoms with Crippen LogP contribution in [0.5, 0.6) is 5.75 Å². The molecule has 0 aliphatic heterocycles. The molecule has 1 N–H and O–H groups in total. The average Bonchev–Trinajstić information content (AvgIpc) is 2.71. The van der Waals surface area contributed by atoms with Crippen molar-refractivity contribution in [1.82, 2.24) is 9.78 Å². The third-order valence-corrected chi connectivity index (χ3v) is 3.44. The number of aromatic nitrogens is 2. The molecule has 0 aliphatic rings. The highest BCUT2D eigenvalue weighted by molar-refractivity contribution is 6.31. The maximum atomic E-state index is 13.4. The van der Waals surface area contributed by atoms with Crippen LogP contribution in [0.25, 0.3) is 0 Å². The summed E-state index contributed by atoms with van der Waals surface area (Å²) in [6.07, 6.45) is 0. The van der Waals surface area contributed by atoms with E-state index < -0.39 is 11.8 Å². The highest BCUT2D eigenvalue weighted by atomic mass is 35.5. The zero-order chi connectivity index (χ0) is 15.6. The minimum absolute atomic E-state index is 0.0794. The van der Waals surface area contributed by atoms with Crippen LogP contribution in [0.4, 0.5) is 4.39 Å². The predicted molar refractivity (Wildman–Crippen MR) is 75.3 cm³/mol. The maximum Gasteiger partial charge on any atom is 0.335 e. The molecule has 112 valence electrons. The topological polar surface area (TPSA) is 64.4 Å². The fourth-order valence-electron chi connectivity index (χ4n) is 1.93. The van der Waals surface area contributed by atoms with Crippen molar-refractivity contribution in [3.05, 3.63) is 46.0 Å². The van der Waals surface area contributed by atoms with Gasteiger partial charge >= 0.3 is 5.97 Å². The van der Waals surface area contributed by atoms with E-state index in [0.717, 1.165) is 12.1 Å². The Balaban J connectivity index is 2.22. The van der Waals surface area contributed by atoms with Gasteiger partial charge in [-0.15, -0.1) is 0 Å². The monoisotopic (exact) mass is 312 g/mol. The fraction of sp³-hybridized carbons (Fsp3) is 0.286. The molecule has 0 amide bonds. The number of halogens is 2. The van der Waals surface area contributed by atoms with Crippen LogP contribution in [0, 0.1) is 12.7 Å². The van der Waals surface area contributed by atoms with E-state index >= 15 is 0 Å². The Bertz CT molecular complexity index is 685. The molecule has 0 saturated carbocycles. The van der Waals surface area contributed by atoms with Crippen LogP contribution in [0.3, 0.4) is 0 Å². The van der Waals surface area contributed by atoms with Crippen molar-refractivity contribution in [3.8, 4) is 5.75 Å². The van der Waals surface area contributed by atoms with Gasteiger partial charge in [-0.3, -0.25) is 4.68 Å². The molecule has 0 saturated heterocycles. The number of carboxylic acid groups (broad SMARTS) is 1. The molecular weight excluding hydrogens is 299 g/mol. The van der Waals surface area contributed by atoms with Gasteiger partial charge in [0.05, 0.1) is 22.0 Å². The van der Waals surface area contributed by atoms with Crippen molar-refractivity contribution >= 4 is 17.6 Å². The van der Waals surface area contributed by atoms with E-state index in [1.165, 1.54) is 6.07 Å². The van der Waals surface area contributed by atoms with Crippen LogP contribution in [-0.2, 0) is 13.2 Å². The van der Waals surface area contributed by atoms with Gasteiger partial charge in [-0.25, -0.2) is 9.18 Å². The molecule has 0 spiro atoms. The number of carbonyl (C=O) groups is 1. The summed E-state index contributed by atoms with van der Waals surface area (Å²) in [7, 11) is 0. The summed E-state index contributed by atoms with van der Waals surface area (Å²) in [6, 6.07) is 3.32. The molecule has 0 atom stereocenters. The number of nitrogens with zero attached hydrogens (tertiary/aromatic N) is 2. The molecule has 1 aromatic heterocycles. The summed E-state index contributed by atoms with van der Waals surface area (Å²) in [5.41, 5.74) is 1.18. The number of benzene rings is 1. The van der Waals surface area contributed by atoms with Gasteiger partial charge in [-0.1, -0.05) is 11.6 Å². The summed E-state index contributed by atoms with van der Waals surface area (Å²) < 4.78 is 20.5. The summed E-state index contributed by atoms with van der Waals surface area (Å²) in [6.45, 7) is 4.39. The Morgan fingerprint density at radius 2 is 2.19 bits per heavy atom. The van der Waals surface area contributed by atoms with Crippen molar-refractivity contribution in [2.75, 3.05) is 0 Å².